The van der Waals surface area contributed by atoms with E-state index in [0.717, 1.165) is 0 Å². The second-order valence-electron chi connectivity index (χ2n) is 10.3. The van der Waals surface area contributed by atoms with Crippen molar-refractivity contribution in [3.8, 4) is 0 Å². The summed E-state index contributed by atoms with van der Waals surface area (Å²) in [7, 11) is -3.66. The number of sulfonamides is 1. The van der Waals surface area contributed by atoms with Crippen LogP contribution in [0.15, 0.2) is 49.1 Å². The minimum absolute atomic E-state index is 0.0770. The summed E-state index contributed by atoms with van der Waals surface area (Å²) in [5, 5.41) is 7.17. The number of hydrogen-bond donors (Lipinski definition) is 0. The number of fused-ring (bicyclic) bond motifs is 1. The van der Waals surface area contributed by atoms with Gasteiger partial charge in [0.05, 0.1) is 10.9 Å². The van der Waals surface area contributed by atoms with E-state index in [2.05, 4.69) is 10.2 Å². The van der Waals surface area contributed by atoms with Crippen molar-refractivity contribution in [2.45, 2.75) is 50.1 Å². The lowest BCUT2D eigenvalue weighted by molar-refractivity contribution is 0.267. The zero-order valence-electron chi connectivity index (χ0n) is 19.5. The molecule has 3 fully saturated rings. The Kier molecular flexibility index (Phi) is 5.56. The fraction of sp³-hybridized carbons (Fsp3) is 0.520. The van der Waals surface area contributed by atoms with Crippen molar-refractivity contribution in [3.63, 3.8) is 0 Å². The number of rotatable bonds is 5. The summed E-state index contributed by atoms with van der Waals surface area (Å²) in [4.78, 5) is 1.89. The minimum Gasteiger partial charge on any atom is -0.368 e. The molecule has 2 unspecified atom stereocenters. The Morgan fingerprint density at radius 1 is 1.03 bits per heavy atom. The zero-order valence-corrected chi connectivity index (χ0v) is 20.4. The molecule has 6 atom stereocenters. The summed E-state index contributed by atoms with van der Waals surface area (Å²) in [5.41, 5.74) is 0.320. The Balaban J connectivity index is 1.19. The highest BCUT2D eigenvalue weighted by Crippen LogP contribution is 2.56. The average Bonchev–Trinajstić information content (AvgIpc) is 3.21. The highest BCUT2D eigenvalue weighted by Gasteiger charge is 2.57. The van der Waals surface area contributed by atoms with Crippen LogP contribution in [0.4, 0.5) is 14.5 Å². The normalized spacial score (nSPS) is 33.7. The van der Waals surface area contributed by atoms with E-state index in [1.807, 2.05) is 40.7 Å². The van der Waals surface area contributed by atoms with Gasteiger partial charge >= 0.3 is 0 Å². The molecule has 6 rings (SSSR count). The Labute approximate surface area is 204 Å². The fourth-order valence-electron chi connectivity index (χ4n) is 6.28. The van der Waals surface area contributed by atoms with Crippen LogP contribution in [-0.2, 0) is 16.6 Å². The van der Waals surface area contributed by atoms with E-state index in [4.69, 9.17) is 0 Å². The summed E-state index contributed by atoms with van der Waals surface area (Å²) < 4.78 is 60.8. The van der Waals surface area contributed by atoms with Gasteiger partial charge in [0.15, 0.2) is 0 Å². The van der Waals surface area contributed by atoms with Gasteiger partial charge in [-0.15, -0.1) is 10.2 Å². The molecule has 2 aliphatic heterocycles. The van der Waals surface area contributed by atoms with Crippen LogP contribution >= 0.6 is 0 Å². The second-order valence-corrected chi connectivity index (χ2v) is 12.4. The maximum Gasteiger partial charge on any atom is 0.218 e. The number of hydrogen-bond acceptors (Lipinski definition) is 5. The molecular formula is C25H29F2N5O2S. The number of nitrogens with zero attached hydrogens (tertiary/aromatic N) is 5. The van der Waals surface area contributed by atoms with E-state index < -0.39 is 26.9 Å². The van der Waals surface area contributed by atoms with Crippen LogP contribution < -0.4 is 4.90 Å². The van der Waals surface area contributed by atoms with E-state index in [0.29, 0.717) is 50.2 Å². The molecule has 1 aromatic heterocycles. The molecule has 2 saturated heterocycles. The van der Waals surface area contributed by atoms with E-state index in [1.54, 1.807) is 12.7 Å². The van der Waals surface area contributed by atoms with Gasteiger partial charge in [0.25, 0.3) is 0 Å². The molecule has 1 aromatic carbocycles. The predicted octanol–water partition coefficient (Wildman–Crippen LogP) is 3.68. The van der Waals surface area contributed by atoms with E-state index >= 15 is 8.78 Å². The third-order valence-corrected chi connectivity index (χ3v) is 10.8. The summed E-state index contributed by atoms with van der Waals surface area (Å²) in [6.45, 7) is 2.98. The van der Waals surface area contributed by atoms with Gasteiger partial charge in [0.2, 0.25) is 10.0 Å². The van der Waals surface area contributed by atoms with E-state index in [9.17, 15) is 8.42 Å². The van der Waals surface area contributed by atoms with Gasteiger partial charge in [0.1, 0.15) is 24.3 Å². The van der Waals surface area contributed by atoms with Crippen LogP contribution in [0, 0.1) is 29.4 Å². The average molecular weight is 502 g/mol. The molecule has 2 aliphatic carbocycles. The number of halogens is 2. The van der Waals surface area contributed by atoms with Crippen molar-refractivity contribution in [1.82, 2.24) is 19.1 Å². The predicted molar refractivity (Wildman–Crippen MR) is 128 cm³/mol. The van der Waals surface area contributed by atoms with Gasteiger partial charge in [-0.3, -0.25) is 0 Å². The molecule has 0 radical (unpaired) electrons. The van der Waals surface area contributed by atoms with Crippen molar-refractivity contribution in [2.24, 2.45) is 17.8 Å². The molecule has 1 saturated carbocycles. The highest BCUT2D eigenvalue weighted by molar-refractivity contribution is 7.89. The first-order valence-corrected chi connectivity index (χ1v) is 13.8. The van der Waals surface area contributed by atoms with Crippen molar-refractivity contribution in [2.75, 3.05) is 18.0 Å². The lowest BCUT2D eigenvalue weighted by atomic mass is 9.93. The first-order valence-electron chi connectivity index (χ1n) is 12.3. The number of benzene rings is 1. The van der Waals surface area contributed by atoms with Crippen molar-refractivity contribution < 1.29 is 17.2 Å². The van der Waals surface area contributed by atoms with Crippen molar-refractivity contribution in [3.05, 3.63) is 66.3 Å². The van der Waals surface area contributed by atoms with Crippen LogP contribution in [0.2, 0.25) is 0 Å². The first-order chi connectivity index (χ1) is 16.8. The molecule has 2 aromatic rings. The molecule has 4 aliphatic rings. The standard InChI is InChI=1S/C25H29F2N5O2S/c1-16-7-8-24(17-5-3-2-4-6-17)35(33,34)32(16)11-18-9-22(27)23(10-21(18)26)30-12-19-20(13-30)25(19)31-14-28-29-15-31/h2-5,9-10,14-17,19-20,24-25H,6-8,11-13H2,1H3/t16-,17?,19-,20+,24+,25?/m0/s1. The molecule has 0 spiro atoms. The largest absolute Gasteiger partial charge is 0.368 e. The van der Waals surface area contributed by atoms with E-state index in [1.165, 1.54) is 16.4 Å². The van der Waals surface area contributed by atoms with Gasteiger partial charge in [-0.1, -0.05) is 24.3 Å². The van der Waals surface area contributed by atoms with Gasteiger partial charge < -0.3 is 9.47 Å². The summed E-state index contributed by atoms with van der Waals surface area (Å²) in [6, 6.07) is 2.47. The monoisotopic (exact) mass is 501 g/mol. The van der Waals surface area contributed by atoms with Gasteiger partial charge in [0, 0.05) is 55.2 Å². The van der Waals surface area contributed by atoms with E-state index in [-0.39, 0.29) is 29.8 Å². The first kappa shape index (κ1) is 22.8. The highest BCUT2D eigenvalue weighted by atomic mass is 32.2. The van der Waals surface area contributed by atoms with Gasteiger partial charge in [-0.2, -0.15) is 4.31 Å². The molecule has 186 valence electrons. The maximum absolute atomic E-state index is 15.2. The molecule has 10 heteroatoms. The topological polar surface area (TPSA) is 71.3 Å². The minimum atomic E-state index is -3.66. The Bertz CT molecular complexity index is 1270. The van der Waals surface area contributed by atoms with Crippen LogP contribution in [0.5, 0.6) is 0 Å². The second kappa shape index (κ2) is 8.51. The lowest BCUT2D eigenvalue weighted by Gasteiger charge is -2.40. The third kappa shape index (κ3) is 3.91. The molecule has 0 N–H and O–H groups in total. The van der Waals surface area contributed by atoms with Crippen LogP contribution in [-0.4, -0.2) is 51.9 Å². The molecule has 35 heavy (non-hydrogen) atoms. The van der Waals surface area contributed by atoms with Crippen LogP contribution in [0.25, 0.3) is 0 Å². The van der Waals surface area contributed by atoms with Gasteiger partial charge in [-0.05, 0) is 38.2 Å². The third-order valence-electron chi connectivity index (χ3n) is 8.27. The SMILES string of the molecule is C[C@H]1CC[C@H](C2C=CC=CC2)S(=O)(=O)N1Cc1cc(F)c(N2C[C@@H]3C(n4cnnc4)[C@@H]3C2)cc1F. The Hall–Kier alpha value is -2.59. The number of allylic oxidation sites excluding steroid dienone is 4. The summed E-state index contributed by atoms with van der Waals surface area (Å²) in [6.07, 6.45) is 13.1. The Morgan fingerprint density at radius 2 is 1.77 bits per heavy atom. The summed E-state index contributed by atoms with van der Waals surface area (Å²) in [5.74, 6) is -0.432. The maximum atomic E-state index is 15.2. The molecule has 3 heterocycles. The molecule has 0 amide bonds. The van der Waals surface area contributed by atoms with Crippen LogP contribution in [0.1, 0.15) is 37.8 Å². The zero-order chi connectivity index (χ0) is 24.3. The van der Waals surface area contributed by atoms with Crippen molar-refractivity contribution in [1.29, 1.82) is 0 Å². The molecule has 7 nitrogen and oxygen atoms in total. The Morgan fingerprint density at radius 3 is 2.46 bits per heavy atom. The van der Waals surface area contributed by atoms with Crippen LogP contribution in [0.3, 0.4) is 0 Å². The fourth-order valence-corrected chi connectivity index (χ4v) is 8.64. The number of aromatic nitrogens is 3. The summed E-state index contributed by atoms with van der Waals surface area (Å²) >= 11 is 0. The van der Waals surface area contributed by atoms with Crippen molar-refractivity contribution >= 4 is 15.7 Å². The molecular weight excluding hydrogens is 472 g/mol. The smallest absolute Gasteiger partial charge is 0.218 e. The van der Waals surface area contributed by atoms with Gasteiger partial charge in [-0.25, -0.2) is 17.2 Å². The quantitative estimate of drug-likeness (QED) is 0.625. The number of piperidine rings is 1. The molecule has 0 bridgehead atoms. The number of anilines is 1. The lowest BCUT2D eigenvalue weighted by Crippen LogP contribution is -2.50.